The lowest BCUT2D eigenvalue weighted by molar-refractivity contribution is -0.139. The largest absolute Gasteiger partial charge is 0.481 e. The molecule has 4 heteroatoms. The average molecular weight is 256 g/mol. The molecule has 1 aliphatic heterocycles. The molecule has 0 amide bonds. The van der Waals surface area contributed by atoms with E-state index in [-0.39, 0.29) is 18.4 Å². The Morgan fingerprint density at radius 2 is 2.00 bits per heavy atom. The highest BCUT2D eigenvalue weighted by atomic mass is 35.5. The fraction of sp³-hybridized carbons (Fsp3) is 0.462. The number of carboxylic acid groups (broad SMARTS) is 1. The molecule has 2 atom stereocenters. The van der Waals surface area contributed by atoms with Crippen LogP contribution in [0, 0.1) is 0 Å². The highest BCUT2D eigenvalue weighted by molar-refractivity contribution is 5.85. The molecule has 1 aromatic carbocycles. The molecule has 0 aliphatic carbocycles. The van der Waals surface area contributed by atoms with Gasteiger partial charge in [-0.1, -0.05) is 36.8 Å². The SMILES string of the molecule is Cl.O=C(O)[C@@H](c1ccccc1)[C@H]1CCCCN1. The molecule has 2 rings (SSSR count). The van der Waals surface area contributed by atoms with Gasteiger partial charge in [-0.15, -0.1) is 12.4 Å². The van der Waals surface area contributed by atoms with Crippen molar-refractivity contribution in [3.63, 3.8) is 0 Å². The number of piperidine rings is 1. The van der Waals surface area contributed by atoms with Crippen molar-refractivity contribution in [2.45, 2.75) is 31.2 Å². The van der Waals surface area contributed by atoms with E-state index in [1.54, 1.807) is 0 Å². The summed E-state index contributed by atoms with van der Waals surface area (Å²) in [6.07, 6.45) is 3.22. The molecule has 0 unspecified atom stereocenters. The van der Waals surface area contributed by atoms with Gasteiger partial charge in [-0.25, -0.2) is 0 Å². The van der Waals surface area contributed by atoms with Gasteiger partial charge < -0.3 is 10.4 Å². The zero-order valence-electron chi connectivity index (χ0n) is 9.63. The highest BCUT2D eigenvalue weighted by Gasteiger charge is 2.30. The number of hydrogen-bond acceptors (Lipinski definition) is 2. The van der Waals surface area contributed by atoms with Gasteiger partial charge in [0.1, 0.15) is 0 Å². The van der Waals surface area contributed by atoms with Gasteiger partial charge in [-0.3, -0.25) is 4.79 Å². The van der Waals surface area contributed by atoms with Crippen molar-refractivity contribution in [2.24, 2.45) is 0 Å². The first-order valence-electron chi connectivity index (χ1n) is 5.80. The molecule has 94 valence electrons. The first-order valence-corrected chi connectivity index (χ1v) is 5.80. The van der Waals surface area contributed by atoms with E-state index in [1.807, 2.05) is 30.3 Å². The molecule has 1 heterocycles. The molecule has 0 bridgehead atoms. The number of benzene rings is 1. The maximum atomic E-state index is 11.4. The molecule has 0 spiro atoms. The lowest BCUT2D eigenvalue weighted by Gasteiger charge is -2.29. The van der Waals surface area contributed by atoms with Crippen molar-refractivity contribution in [3.8, 4) is 0 Å². The minimum absolute atomic E-state index is 0. The van der Waals surface area contributed by atoms with E-state index in [0.29, 0.717) is 0 Å². The summed E-state index contributed by atoms with van der Waals surface area (Å²) in [4.78, 5) is 11.4. The summed E-state index contributed by atoms with van der Waals surface area (Å²) in [6.45, 7) is 0.932. The molecule has 3 nitrogen and oxygen atoms in total. The average Bonchev–Trinajstić information content (AvgIpc) is 2.31. The van der Waals surface area contributed by atoms with E-state index < -0.39 is 11.9 Å². The minimum atomic E-state index is -0.731. The summed E-state index contributed by atoms with van der Waals surface area (Å²) in [7, 11) is 0. The Labute approximate surface area is 108 Å². The van der Waals surface area contributed by atoms with Crippen LogP contribution in [0.25, 0.3) is 0 Å². The van der Waals surface area contributed by atoms with Gasteiger partial charge >= 0.3 is 5.97 Å². The van der Waals surface area contributed by atoms with Crippen LogP contribution in [0.4, 0.5) is 0 Å². The summed E-state index contributed by atoms with van der Waals surface area (Å²) in [6, 6.07) is 9.58. The lowest BCUT2D eigenvalue weighted by atomic mass is 9.86. The first kappa shape index (κ1) is 14.0. The van der Waals surface area contributed by atoms with Crippen molar-refractivity contribution in [1.29, 1.82) is 0 Å². The Morgan fingerprint density at radius 1 is 1.29 bits per heavy atom. The van der Waals surface area contributed by atoms with Gasteiger partial charge in [0.25, 0.3) is 0 Å². The predicted molar refractivity (Wildman–Crippen MR) is 69.7 cm³/mol. The smallest absolute Gasteiger partial charge is 0.312 e. The third-order valence-electron chi connectivity index (χ3n) is 3.18. The molecular formula is C13H18ClNO2. The van der Waals surface area contributed by atoms with Crippen LogP contribution in [-0.4, -0.2) is 23.7 Å². The van der Waals surface area contributed by atoms with Gasteiger partial charge in [0.15, 0.2) is 0 Å². The van der Waals surface area contributed by atoms with Crippen LogP contribution in [-0.2, 0) is 4.79 Å². The molecule has 2 N–H and O–H groups in total. The summed E-state index contributed by atoms with van der Waals surface area (Å²) in [5.41, 5.74) is 0.898. The molecule has 0 aromatic heterocycles. The number of hydrogen-bond donors (Lipinski definition) is 2. The standard InChI is InChI=1S/C13H17NO2.ClH/c15-13(16)12(10-6-2-1-3-7-10)11-8-4-5-9-14-11;/h1-3,6-7,11-12,14H,4-5,8-9H2,(H,15,16);1H/t11-,12+;/m1./s1. The normalized spacial score (nSPS) is 21.3. The zero-order valence-corrected chi connectivity index (χ0v) is 10.5. The van der Waals surface area contributed by atoms with E-state index in [0.717, 1.165) is 31.4 Å². The number of rotatable bonds is 3. The fourth-order valence-corrected chi connectivity index (χ4v) is 2.37. The number of halogens is 1. The van der Waals surface area contributed by atoms with Crippen LogP contribution in [0.15, 0.2) is 30.3 Å². The van der Waals surface area contributed by atoms with Crippen LogP contribution in [0.1, 0.15) is 30.7 Å². The number of carboxylic acids is 1. The monoisotopic (exact) mass is 255 g/mol. The fourth-order valence-electron chi connectivity index (χ4n) is 2.37. The van der Waals surface area contributed by atoms with E-state index >= 15 is 0 Å². The van der Waals surface area contributed by atoms with Crippen molar-refractivity contribution < 1.29 is 9.90 Å². The van der Waals surface area contributed by atoms with E-state index in [4.69, 9.17) is 0 Å². The van der Waals surface area contributed by atoms with Gasteiger partial charge in [0.05, 0.1) is 5.92 Å². The summed E-state index contributed by atoms with van der Waals surface area (Å²) >= 11 is 0. The molecule has 1 aliphatic rings. The van der Waals surface area contributed by atoms with Gasteiger partial charge in [0, 0.05) is 6.04 Å². The van der Waals surface area contributed by atoms with Gasteiger partial charge in [-0.2, -0.15) is 0 Å². The first-order chi connectivity index (χ1) is 7.79. The van der Waals surface area contributed by atoms with Crippen LogP contribution < -0.4 is 5.32 Å². The topological polar surface area (TPSA) is 49.3 Å². The second kappa shape index (κ2) is 6.62. The molecular weight excluding hydrogens is 238 g/mol. The van der Waals surface area contributed by atoms with E-state index in [9.17, 15) is 9.90 Å². The van der Waals surface area contributed by atoms with Crippen molar-refractivity contribution in [1.82, 2.24) is 5.32 Å². The second-order valence-electron chi connectivity index (χ2n) is 4.28. The molecule has 1 saturated heterocycles. The zero-order chi connectivity index (χ0) is 11.4. The van der Waals surface area contributed by atoms with Crippen molar-refractivity contribution in [2.75, 3.05) is 6.54 Å². The molecule has 0 saturated carbocycles. The van der Waals surface area contributed by atoms with E-state index in [2.05, 4.69) is 5.32 Å². The summed E-state index contributed by atoms with van der Waals surface area (Å²) in [5, 5.41) is 12.7. The lowest BCUT2D eigenvalue weighted by Crippen LogP contribution is -2.41. The summed E-state index contributed by atoms with van der Waals surface area (Å²) < 4.78 is 0. The number of nitrogens with one attached hydrogen (secondary N) is 1. The summed E-state index contributed by atoms with van der Waals surface area (Å²) in [5.74, 6) is -1.15. The maximum absolute atomic E-state index is 11.4. The van der Waals surface area contributed by atoms with Gasteiger partial charge in [-0.05, 0) is 24.9 Å². The van der Waals surface area contributed by atoms with Crippen LogP contribution >= 0.6 is 12.4 Å². The predicted octanol–water partition coefficient (Wildman–Crippen LogP) is 2.42. The van der Waals surface area contributed by atoms with Crippen molar-refractivity contribution >= 4 is 18.4 Å². The third-order valence-corrected chi connectivity index (χ3v) is 3.18. The van der Waals surface area contributed by atoms with Crippen LogP contribution in [0.5, 0.6) is 0 Å². The number of aliphatic carboxylic acids is 1. The van der Waals surface area contributed by atoms with Gasteiger partial charge in [0.2, 0.25) is 0 Å². The molecule has 1 aromatic rings. The van der Waals surface area contributed by atoms with Crippen LogP contribution in [0.3, 0.4) is 0 Å². The Morgan fingerprint density at radius 3 is 2.53 bits per heavy atom. The number of carbonyl (C=O) groups is 1. The molecule has 0 radical (unpaired) electrons. The highest BCUT2D eigenvalue weighted by Crippen LogP contribution is 2.25. The minimum Gasteiger partial charge on any atom is -0.481 e. The Bertz CT molecular complexity index is 350. The van der Waals surface area contributed by atoms with E-state index in [1.165, 1.54) is 0 Å². The van der Waals surface area contributed by atoms with Crippen molar-refractivity contribution in [3.05, 3.63) is 35.9 Å². The third kappa shape index (κ3) is 3.45. The molecule has 1 fully saturated rings. The quantitative estimate of drug-likeness (QED) is 0.872. The maximum Gasteiger partial charge on any atom is 0.312 e. The second-order valence-corrected chi connectivity index (χ2v) is 4.28. The van der Waals surface area contributed by atoms with Crippen LogP contribution in [0.2, 0.25) is 0 Å². The Kier molecular flexibility index (Phi) is 5.45. The Balaban J connectivity index is 0.00000144. The Hall–Kier alpha value is -1.06. The molecule has 17 heavy (non-hydrogen) atoms.